The molecule has 1 saturated carbocycles. The fraction of sp³-hybridized carbons (Fsp3) is 0.231. The van der Waals surface area contributed by atoms with Gasteiger partial charge in [-0.25, -0.2) is 19.9 Å². The summed E-state index contributed by atoms with van der Waals surface area (Å²) in [6, 6.07) is 13.8. The van der Waals surface area contributed by atoms with Crippen LogP contribution in [0.15, 0.2) is 66.4 Å². The summed E-state index contributed by atoms with van der Waals surface area (Å²) in [5, 5.41) is 25.0. The zero-order valence-electron chi connectivity index (χ0n) is 20.4. The van der Waals surface area contributed by atoms with E-state index in [0.717, 1.165) is 27.8 Å². The molecule has 38 heavy (non-hydrogen) atoms. The quantitative estimate of drug-likeness (QED) is 0.321. The van der Waals surface area contributed by atoms with Crippen LogP contribution in [0.25, 0.3) is 16.6 Å². The highest BCUT2D eigenvalue weighted by molar-refractivity contribution is 5.97. The summed E-state index contributed by atoms with van der Waals surface area (Å²) in [5.41, 5.74) is 3.74. The molecule has 2 aromatic carbocycles. The molecule has 1 spiro atoms. The molecule has 1 aliphatic carbocycles. The van der Waals surface area contributed by atoms with Gasteiger partial charge in [-0.2, -0.15) is 0 Å². The van der Waals surface area contributed by atoms with E-state index in [-0.39, 0.29) is 11.6 Å². The first-order chi connectivity index (χ1) is 18.5. The third-order valence-electron chi connectivity index (χ3n) is 6.75. The highest BCUT2D eigenvalue weighted by atomic mass is 16.5. The Labute approximate surface area is 216 Å². The van der Waals surface area contributed by atoms with Crippen LogP contribution in [0.3, 0.4) is 0 Å². The summed E-state index contributed by atoms with van der Waals surface area (Å²) in [4.78, 5) is 17.8. The second kappa shape index (κ2) is 8.63. The van der Waals surface area contributed by atoms with Crippen LogP contribution in [0, 0.1) is 6.92 Å². The number of amidine groups is 1. The van der Waals surface area contributed by atoms with Crippen LogP contribution < -0.4 is 15.4 Å². The van der Waals surface area contributed by atoms with Crippen LogP contribution in [0.1, 0.15) is 18.4 Å². The minimum absolute atomic E-state index is 0.290. The van der Waals surface area contributed by atoms with Crippen molar-refractivity contribution in [3.63, 3.8) is 0 Å². The van der Waals surface area contributed by atoms with Crippen LogP contribution in [-0.2, 0) is 4.74 Å². The second-order valence-corrected chi connectivity index (χ2v) is 9.60. The molecule has 0 atom stereocenters. The van der Waals surface area contributed by atoms with E-state index in [1.165, 1.54) is 6.33 Å². The van der Waals surface area contributed by atoms with Crippen molar-refractivity contribution in [3.05, 3.63) is 67.0 Å². The van der Waals surface area contributed by atoms with E-state index in [9.17, 15) is 5.11 Å². The molecule has 0 amide bonds. The van der Waals surface area contributed by atoms with Gasteiger partial charge in [0.15, 0.2) is 5.65 Å². The summed E-state index contributed by atoms with van der Waals surface area (Å²) in [6.07, 6.45) is 5.70. The zero-order valence-corrected chi connectivity index (χ0v) is 20.4. The summed E-state index contributed by atoms with van der Waals surface area (Å²) in [7, 11) is 0. The number of aromatic nitrogens is 6. The number of hydrogen-bond donors (Lipinski definition) is 3. The van der Waals surface area contributed by atoms with Gasteiger partial charge in [0.25, 0.3) is 6.02 Å². The van der Waals surface area contributed by atoms with Gasteiger partial charge in [-0.05, 0) is 48.9 Å². The number of aliphatic hydroxyl groups is 1. The Hall–Kier alpha value is -4.84. The van der Waals surface area contributed by atoms with Gasteiger partial charge in [0.05, 0.1) is 11.6 Å². The number of nitrogens with one attached hydrogen (secondary N) is 2. The Morgan fingerprint density at radius 1 is 1.03 bits per heavy atom. The lowest BCUT2D eigenvalue weighted by Crippen LogP contribution is -2.46. The lowest BCUT2D eigenvalue weighted by Gasteiger charge is -2.37. The Morgan fingerprint density at radius 3 is 2.76 bits per heavy atom. The first-order valence-electron chi connectivity index (χ1n) is 12.2. The van der Waals surface area contributed by atoms with E-state index < -0.39 is 0 Å². The smallest absolute Gasteiger partial charge is 0.289 e. The number of benzene rings is 2. The Bertz CT molecular complexity index is 1710. The van der Waals surface area contributed by atoms with Crippen LogP contribution in [0.4, 0.5) is 17.2 Å². The SMILES string of the molecule is Cc1cc(Nc2ncnc3ccc(NC4=NC5(CO4)CC(O)C5)cc23)ccc1Oc1cc2nncn2cn1. The first kappa shape index (κ1) is 22.4. The van der Waals surface area contributed by atoms with Crippen LogP contribution in [0.2, 0.25) is 0 Å². The molecule has 1 aliphatic heterocycles. The molecule has 7 rings (SSSR count). The van der Waals surface area contributed by atoms with Gasteiger partial charge in [-0.3, -0.25) is 4.40 Å². The molecule has 3 aromatic heterocycles. The number of nitrogens with zero attached hydrogens (tertiary/aromatic N) is 7. The number of fused-ring (bicyclic) bond motifs is 2. The number of rotatable bonds is 5. The molecule has 4 heterocycles. The largest absolute Gasteiger partial charge is 0.462 e. The summed E-state index contributed by atoms with van der Waals surface area (Å²) in [5.74, 6) is 1.78. The van der Waals surface area contributed by atoms with Crippen molar-refractivity contribution in [1.82, 2.24) is 29.5 Å². The average molecular weight is 510 g/mol. The minimum atomic E-state index is -0.293. The molecular formula is C26H23N9O3. The number of hydrogen-bond acceptors (Lipinski definition) is 11. The first-order valence-corrected chi connectivity index (χ1v) is 12.2. The predicted octanol–water partition coefficient (Wildman–Crippen LogP) is 3.60. The summed E-state index contributed by atoms with van der Waals surface area (Å²) in [6.45, 7) is 2.45. The van der Waals surface area contributed by atoms with Gasteiger partial charge in [-0.1, -0.05) is 0 Å². The van der Waals surface area contributed by atoms with Crippen molar-refractivity contribution >= 4 is 39.8 Å². The molecule has 0 bridgehead atoms. The average Bonchev–Trinajstić information content (AvgIpc) is 3.53. The third kappa shape index (κ3) is 4.10. The molecule has 3 N–H and O–H groups in total. The van der Waals surface area contributed by atoms with Gasteiger partial charge in [0, 0.05) is 35.7 Å². The minimum Gasteiger partial charge on any atom is -0.462 e. The number of aliphatic imine (C=N–C) groups is 1. The molecule has 190 valence electrons. The van der Waals surface area contributed by atoms with Crippen molar-refractivity contribution in [2.75, 3.05) is 17.2 Å². The number of aliphatic hydroxyl groups excluding tert-OH is 1. The lowest BCUT2D eigenvalue weighted by atomic mass is 9.76. The third-order valence-corrected chi connectivity index (χ3v) is 6.75. The molecule has 12 nitrogen and oxygen atoms in total. The van der Waals surface area contributed by atoms with Crippen molar-refractivity contribution in [1.29, 1.82) is 0 Å². The highest BCUT2D eigenvalue weighted by Gasteiger charge is 2.48. The van der Waals surface area contributed by atoms with Crippen LogP contribution >= 0.6 is 0 Å². The number of ether oxygens (including phenoxy) is 2. The second-order valence-electron chi connectivity index (χ2n) is 9.60. The van der Waals surface area contributed by atoms with Crippen molar-refractivity contribution in [3.8, 4) is 11.6 Å². The molecular weight excluding hydrogens is 486 g/mol. The summed E-state index contributed by atoms with van der Waals surface area (Å²) < 4.78 is 13.4. The fourth-order valence-electron chi connectivity index (χ4n) is 4.79. The highest BCUT2D eigenvalue weighted by Crippen LogP contribution is 2.39. The van der Waals surface area contributed by atoms with E-state index in [2.05, 4.69) is 40.8 Å². The standard InChI is InChI=1S/C26H23N9O3/c1-15-6-16(3-5-21(15)38-23-8-22-34-30-14-35(22)13-29-23)31-24-19-7-17(2-4-20(19)27-12-28-24)32-25-33-26(11-37-25)9-18(36)10-26/h2-8,12-14,18,36H,9-11H2,1H3,(H,32,33)(H,27,28,31). The van der Waals surface area contributed by atoms with Gasteiger partial charge >= 0.3 is 0 Å². The molecule has 1 fully saturated rings. The van der Waals surface area contributed by atoms with E-state index >= 15 is 0 Å². The van der Waals surface area contributed by atoms with Crippen LogP contribution in [-0.4, -0.2) is 58.9 Å². The monoisotopic (exact) mass is 509 g/mol. The number of aryl methyl sites for hydroxylation is 1. The Balaban J connectivity index is 1.11. The van der Waals surface area contributed by atoms with Gasteiger partial charge in [0.2, 0.25) is 5.88 Å². The fourth-order valence-corrected chi connectivity index (χ4v) is 4.79. The van der Waals surface area contributed by atoms with Gasteiger partial charge in [-0.15, -0.1) is 10.2 Å². The van der Waals surface area contributed by atoms with E-state index in [1.807, 2.05) is 43.3 Å². The van der Waals surface area contributed by atoms with Gasteiger partial charge < -0.3 is 25.2 Å². The maximum absolute atomic E-state index is 9.66. The molecule has 0 unspecified atom stereocenters. The van der Waals surface area contributed by atoms with E-state index in [0.29, 0.717) is 48.6 Å². The molecule has 0 saturated heterocycles. The van der Waals surface area contributed by atoms with E-state index in [1.54, 1.807) is 23.1 Å². The maximum atomic E-state index is 9.66. The van der Waals surface area contributed by atoms with E-state index in [4.69, 9.17) is 9.47 Å². The van der Waals surface area contributed by atoms with Crippen molar-refractivity contribution < 1.29 is 14.6 Å². The lowest BCUT2D eigenvalue weighted by molar-refractivity contribution is 0.0120. The summed E-state index contributed by atoms with van der Waals surface area (Å²) >= 11 is 0. The van der Waals surface area contributed by atoms with Crippen molar-refractivity contribution in [2.24, 2.45) is 4.99 Å². The molecule has 2 aliphatic rings. The van der Waals surface area contributed by atoms with Crippen molar-refractivity contribution in [2.45, 2.75) is 31.4 Å². The maximum Gasteiger partial charge on any atom is 0.289 e. The number of anilines is 3. The normalized spacial score (nSPS) is 20.3. The zero-order chi connectivity index (χ0) is 25.7. The Morgan fingerprint density at radius 2 is 1.89 bits per heavy atom. The topological polar surface area (TPSA) is 144 Å². The van der Waals surface area contributed by atoms with Crippen LogP contribution in [0.5, 0.6) is 11.6 Å². The van der Waals surface area contributed by atoms with Gasteiger partial charge in [0.1, 0.15) is 42.7 Å². The molecule has 12 heteroatoms. The Kier molecular flexibility index (Phi) is 5.08. The molecule has 5 aromatic rings. The predicted molar refractivity (Wildman–Crippen MR) is 140 cm³/mol. The molecule has 0 radical (unpaired) electrons.